The van der Waals surface area contributed by atoms with E-state index in [4.69, 9.17) is 9.47 Å². The van der Waals surface area contributed by atoms with Gasteiger partial charge in [-0.2, -0.15) is 0 Å². The molecule has 8 atom stereocenters. The van der Waals surface area contributed by atoms with Crippen molar-refractivity contribution in [1.29, 1.82) is 0 Å². The number of carbonyl (C=O) groups is 6. The normalized spacial score (nSPS) is 21.9. The highest BCUT2D eigenvalue weighted by molar-refractivity contribution is 5.97. The van der Waals surface area contributed by atoms with Crippen molar-refractivity contribution in [3.05, 3.63) is 59.2 Å². The summed E-state index contributed by atoms with van der Waals surface area (Å²) in [6.45, 7) is 8.42. The van der Waals surface area contributed by atoms with Crippen molar-refractivity contribution >= 4 is 57.4 Å². The molecule has 0 radical (unpaired) electrons. The number of esters is 2. The second kappa shape index (κ2) is 20.3. The van der Waals surface area contributed by atoms with Gasteiger partial charge in [-0.1, -0.05) is 13.8 Å². The average Bonchev–Trinajstić information content (AvgIpc) is 4.08. The number of benzene rings is 2. The van der Waals surface area contributed by atoms with Gasteiger partial charge < -0.3 is 50.5 Å². The molecule has 0 spiro atoms. The quantitative estimate of drug-likeness (QED) is 0.0847. The van der Waals surface area contributed by atoms with E-state index in [2.05, 4.69) is 31.2 Å². The van der Waals surface area contributed by atoms with Crippen LogP contribution in [0, 0.1) is 11.6 Å². The summed E-state index contributed by atoms with van der Waals surface area (Å²) >= 11 is 0. The summed E-state index contributed by atoms with van der Waals surface area (Å²) in [5.41, 5.74) is -0.379. The molecule has 0 aliphatic carbocycles. The van der Waals surface area contributed by atoms with E-state index in [9.17, 15) is 34.3 Å². The fourth-order valence-electron chi connectivity index (χ4n) is 8.28. The van der Waals surface area contributed by atoms with Crippen LogP contribution in [-0.4, -0.2) is 131 Å². The van der Waals surface area contributed by atoms with Crippen LogP contribution < -0.4 is 21.3 Å². The van der Waals surface area contributed by atoms with E-state index >= 15 is 8.78 Å². The van der Waals surface area contributed by atoms with Gasteiger partial charge in [0.2, 0.25) is 23.6 Å². The molecule has 16 nitrogen and oxygen atoms in total. The first-order valence-electron chi connectivity index (χ1n) is 23.5. The molecule has 0 bridgehead atoms. The number of ether oxygens (including phenoxy) is 2. The number of carbonyl (C=O) groups excluding carboxylic acids is 6. The molecule has 2 saturated heterocycles. The number of nitrogens with zero attached hydrogens (tertiary/aromatic N) is 2. The number of likely N-dealkylation sites (tertiary alicyclic amines) is 2. The summed E-state index contributed by atoms with van der Waals surface area (Å²) in [5.74, 6) is -5.04. The minimum atomic E-state index is -2.64. The Balaban J connectivity index is 1.56. The predicted octanol–water partition coefficient (Wildman–Crippen LogP) is 3.75. The lowest BCUT2D eigenvalue weighted by atomic mass is 9.94. The number of halogens is 2. The van der Waals surface area contributed by atoms with Crippen LogP contribution in [0.2, 0.25) is 0 Å². The van der Waals surface area contributed by atoms with E-state index in [-0.39, 0.29) is 83.1 Å². The summed E-state index contributed by atoms with van der Waals surface area (Å²) in [4.78, 5) is 88.4. The maximum absolute atomic E-state index is 15.1. The number of rotatable bonds is 17. The largest absolute Gasteiger partial charge is 0.461 e. The molecule has 6 N–H and O–H groups in total. The Labute approximate surface area is 376 Å². The zero-order chi connectivity index (χ0) is 50.2. The molecule has 0 unspecified atom stereocenters. The molecule has 2 aliphatic rings. The van der Waals surface area contributed by atoms with Gasteiger partial charge in [0.15, 0.2) is 0 Å². The number of hydrogen-bond donors (Lipinski definition) is 6. The zero-order valence-electron chi connectivity index (χ0n) is 41.2. The van der Waals surface area contributed by atoms with Gasteiger partial charge in [0.05, 0.1) is 36.6 Å². The van der Waals surface area contributed by atoms with Gasteiger partial charge in [0.1, 0.15) is 35.9 Å². The second-order valence-electron chi connectivity index (χ2n) is 16.3. The maximum Gasteiger partial charge on any atom is 0.302 e. The standard InChI is InChI=1S/C46H60F2N8O8/c1-9-37(53-43(59)23(3)49-7)45(61)55-21-31(63-25(5)57)17-29(55)19-35-33-13-11-27(47)15-39(33)51-41(35)42-36(34-14-12-28(48)16-40(34)52-42)20-30-18-32(64-26(6)58)22-56(30)46(62)38(10-2)54-44(60)24(4)50-8/h11-16,23-24,29-32,37-38,49-52H,9-10,17-22H2,1-8H3,(H,53,59)(H,54,60)/t23-,24-,29-,30-,31-,32-,37-,38-/m0/s1/i19D2,20D2. The minimum absolute atomic E-state index is 0.0762. The Morgan fingerprint density at radius 1 is 0.703 bits per heavy atom. The molecule has 2 aromatic heterocycles. The predicted molar refractivity (Wildman–Crippen MR) is 236 cm³/mol. The molecule has 4 aromatic rings. The third-order valence-corrected chi connectivity index (χ3v) is 11.8. The van der Waals surface area contributed by atoms with Crippen LogP contribution in [0.1, 0.15) is 83.8 Å². The van der Waals surface area contributed by atoms with E-state index < -0.39 is 108 Å². The van der Waals surface area contributed by atoms with Crippen LogP contribution in [0.3, 0.4) is 0 Å². The highest BCUT2D eigenvalue weighted by atomic mass is 19.1. The number of hydrogen-bond acceptors (Lipinski definition) is 10. The molecule has 4 heterocycles. The van der Waals surface area contributed by atoms with Crippen LogP contribution in [0.4, 0.5) is 8.78 Å². The molecule has 2 aromatic carbocycles. The van der Waals surface area contributed by atoms with Gasteiger partial charge in [-0.05, 0) is 101 Å². The first-order chi connectivity index (χ1) is 32.0. The van der Waals surface area contributed by atoms with Gasteiger partial charge in [-0.3, -0.25) is 28.8 Å². The molecule has 4 amide bonds. The number of likely N-dealkylation sites (N-methyl/N-ethyl adjacent to an activating group) is 2. The lowest BCUT2D eigenvalue weighted by Gasteiger charge is -2.30. The fourth-order valence-corrected chi connectivity index (χ4v) is 8.28. The van der Waals surface area contributed by atoms with E-state index in [0.717, 1.165) is 24.3 Å². The van der Waals surface area contributed by atoms with Crippen LogP contribution >= 0.6 is 0 Å². The molecule has 2 aliphatic heterocycles. The SMILES string of the molecule is [2H]C([2H])(c1c(-c2[nH]c3cc(F)ccc3c2C([2H])([2H])[C@@H]2C[C@H](OC(C)=O)CN2C(=O)[C@H](CC)NC(=O)[C@H](C)NC)[nH]c2cc(F)ccc12)[C@@H]1C[C@H](OC(C)=O)CN1C(=O)[C@H](CC)NC(=O)[C@H](C)NC. The number of aromatic amines is 2. The van der Waals surface area contributed by atoms with Crippen molar-refractivity contribution in [2.75, 3.05) is 27.2 Å². The highest BCUT2D eigenvalue weighted by Crippen LogP contribution is 2.40. The van der Waals surface area contributed by atoms with E-state index in [1.807, 2.05) is 0 Å². The Hall–Kier alpha value is -5.88. The van der Waals surface area contributed by atoms with Crippen molar-refractivity contribution < 1.29 is 52.5 Å². The Morgan fingerprint density at radius 2 is 1.08 bits per heavy atom. The smallest absolute Gasteiger partial charge is 0.302 e. The Kier molecular flexibility index (Phi) is 13.4. The lowest BCUT2D eigenvalue weighted by molar-refractivity contribution is -0.147. The van der Waals surface area contributed by atoms with Crippen molar-refractivity contribution in [3.8, 4) is 11.4 Å². The minimum Gasteiger partial charge on any atom is -0.461 e. The second-order valence-corrected chi connectivity index (χ2v) is 16.3. The molecule has 2 fully saturated rings. The van der Waals surface area contributed by atoms with Gasteiger partial charge in [0.25, 0.3) is 0 Å². The number of amides is 4. The monoisotopic (exact) mass is 894 g/mol. The van der Waals surface area contributed by atoms with E-state index in [1.54, 1.807) is 41.8 Å². The van der Waals surface area contributed by atoms with Crippen LogP contribution in [0.25, 0.3) is 33.2 Å². The first-order valence-corrected chi connectivity index (χ1v) is 21.5. The summed E-state index contributed by atoms with van der Waals surface area (Å²) in [5, 5.41) is 11.4. The molecule has 346 valence electrons. The van der Waals surface area contributed by atoms with Crippen LogP contribution in [0.5, 0.6) is 0 Å². The molecule has 6 rings (SSSR count). The number of H-pyrrole nitrogens is 2. The van der Waals surface area contributed by atoms with Crippen molar-refractivity contribution in [1.82, 2.24) is 41.0 Å². The molecule has 64 heavy (non-hydrogen) atoms. The summed E-state index contributed by atoms with van der Waals surface area (Å²) in [7, 11) is 3.15. The highest BCUT2D eigenvalue weighted by Gasteiger charge is 2.43. The summed E-state index contributed by atoms with van der Waals surface area (Å²) in [6, 6.07) is 0.735. The van der Waals surface area contributed by atoms with Crippen LogP contribution in [0.15, 0.2) is 36.4 Å². The first kappa shape index (κ1) is 42.1. The summed E-state index contributed by atoms with van der Waals surface area (Å²) in [6.07, 6.45) is -7.45. The van der Waals surface area contributed by atoms with E-state index in [1.165, 1.54) is 35.8 Å². The third-order valence-electron chi connectivity index (χ3n) is 11.8. The van der Waals surface area contributed by atoms with Gasteiger partial charge in [-0.25, -0.2) is 8.78 Å². The fraction of sp³-hybridized carbons (Fsp3) is 0.522. The van der Waals surface area contributed by atoms with Gasteiger partial charge >= 0.3 is 11.9 Å². The van der Waals surface area contributed by atoms with Crippen molar-refractivity contribution in [2.45, 2.75) is 128 Å². The molecular formula is C46H60F2N8O8. The molecule has 18 heteroatoms. The zero-order valence-corrected chi connectivity index (χ0v) is 37.2. The summed E-state index contributed by atoms with van der Waals surface area (Å²) < 4.78 is 81.7. The number of aromatic nitrogens is 2. The third kappa shape index (κ3) is 10.4. The van der Waals surface area contributed by atoms with Gasteiger partial charge in [-0.15, -0.1) is 0 Å². The molecule has 0 saturated carbocycles. The van der Waals surface area contributed by atoms with Crippen LogP contribution in [-0.2, 0) is 51.0 Å². The van der Waals surface area contributed by atoms with Crippen molar-refractivity contribution in [2.24, 2.45) is 0 Å². The molecular weight excluding hydrogens is 831 g/mol. The maximum atomic E-state index is 15.1. The van der Waals surface area contributed by atoms with Crippen molar-refractivity contribution in [3.63, 3.8) is 0 Å². The lowest BCUT2D eigenvalue weighted by Crippen LogP contribution is -2.53. The number of fused-ring (bicyclic) bond motifs is 2. The Bertz CT molecular complexity index is 2420. The van der Waals surface area contributed by atoms with E-state index in [0.29, 0.717) is 0 Å². The number of nitrogens with one attached hydrogen (secondary N) is 6. The van der Waals surface area contributed by atoms with Gasteiger partial charge in [0, 0.05) is 66.1 Å². The average molecular weight is 895 g/mol. The topological polar surface area (TPSA) is 207 Å². The Morgan fingerprint density at radius 3 is 1.41 bits per heavy atom.